The van der Waals surface area contributed by atoms with Gasteiger partial charge in [0.1, 0.15) is 0 Å². The van der Waals surface area contributed by atoms with E-state index < -0.39 is 5.97 Å². The summed E-state index contributed by atoms with van der Waals surface area (Å²) in [5.74, 6) is -0.216. The van der Waals surface area contributed by atoms with E-state index in [1.54, 1.807) is 6.07 Å². The predicted molar refractivity (Wildman–Crippen MR) is 61.4 cm³/mol. The van der Waals surface area contributed by atoms with Crippen LogP contribution in [-0.2, 0) is 21.8 Å². The van der Waals surface area contributed by atoms with Crippen LogP contribution in [-0.4, -0.2) is 13.1 Å². The van der Waals surface area contributed by atoms with Gasteiger partial charge in [0.25, 0.3) is 0 Å². The minimum absolute atomic E-state index is 0.0264. The van der Waals surface area contributed by atoms with Gasteiger partial charge in [-0.1, -0.05) is 11.6 Å². The molecule has 0 fully saturated rings. The quantitative estimate of drug-likeness (QED) is 0.618. The van der Waals surface area contributed by atoms with Gasteiger partial charge >= 0.3 is 5.97 Å². The van der Waals surface area contributed by atoms with Crippen LogP contribution in [0.5, 0.6) is 0 Å². The van der Waals surface area contributed by atoms with Gasteiger partial charge < -0.3 is 4.74 Å². The van der Waals surface area contributed by atoms with E-state index in [9.17, 15) is 4.79 Å². The first kappa shape index (κ1) is 12.8. The first-order valence-corrected chi connectivity index (χ1v) is 5.37. The summed E-state index contributed by atoms with van der Waals surface area (Å²) >= 11 is 11.6. The number of nitriles is 1. The fraction of sp³-hybridized carbons (Fsp3) is 0.273. The number of esters is 1. The van der Waals surface area contributed by atoms with E-state index in [4.69, 9.17) is 28.5 Å². The first-order chi connectivity index (χ1) is 7.62. The minimum atomic E-state index is -0.412. The molecular weight excluding hydrogens is 249 g/mol. The smallest absolute Gasteiger partial charge is 0.310 e. The highest BCUT2D eigenvalue weighted by molar-refractivity contribution is 6.31. The molecular formula is C11H9Cl2NO2. The van der Waals surface area contributed by atoms with Gasteiger partial charge in [-0.2, -0.15) is 5.26 Å². The summed E-state index contributed by atoms with van der Waals surface area (Å²) in [6.45, 7) is 0. The Labute approximate surface area is 104 Å². The molecule has 0 aliphatic heterocycles. The third-order valence-electron chi connectivity index (χ3n) is 2.12. The van der Waals surface area contributed by atoms with Crippen LogP contribution in [0.15, 0.2) is 12.1 Å². The molecule has 16 heavy (non-hydrogen) atoms. The molecule has 1 aromatic carbocycles. The van der Waals surface area contributed by atoms with Crippen LogP contribution >= 0.6 is 23.2 Å². The van der Waals surface area contributed by atoms with E-state index in [1.165, 1.54) is 13.2 Å². The van der Waals surface area contributed by atoms with Crippen LogP contribution in [0.3, 0.4) is 0 Å². The maximum absolute atomic E-state index is 11.2. The van der Waals surface area contributed by atoms with Crippen LogP contribution in [0.25, 0.3) is 0 Å². The highest BCUT2D eigenvalue weighted by atomic mass is 35.5. The Hall–Kier alpha value is -1.24. The molecule has 0 amide bonds. The summed E-state index contributed by atoms with van der Waals surface area (Å²) in [7, 11) is 1.30. The molecule has 1 rings (SSSR count). The summed E-state index contributed by atoms with van der Waals surface area (Å²) in [6.07, 6.45) is 0.0264. The van der Waals surface area contributed by atoms with Crippen molar-refractivity contribution in [2.75, 3.05) is 7.11 Å². The van der Waals surface area contributed by atoms with Crippen molar-refractivity contribution in [2.24, 2.45) is 0 Å². The van der Waals surface area contributed by atoms with Crippen LogP contribution < -0.4 is 0 Å². The number of methoxy groups -OCH3 is 1. The lowest BCUT2D eigenvalue weighted by molar-refractivity contribution is -0.139. The molecule has 0 saturated heterocycles. The maximum atomic E-state index is 11.2. The van der Waals surface area contributed by atoms with Crippen molar-refractivity contribution in [2.45, 2.75) is 12.3 Å². The molecule has 0 atom stereocenters. The van der Waals surface area contributed by atoms with Gasteiger partial charge in [-0.15, -0.1) is 11.6 Å². The Morgan fingerprint density at radius 3 is 2.75 bits per heavy atom. The fourth-order valence-electron chi connectivity index (χ4n) is 1.34. The zero-order chi connectivity index (χ0) is 12.1. The van der Waals surface area contributed by atoms with E-state index in [0.717, 1.165) is 0 Å². The largest absolute Gasteiger partial charge is 0.469 e. The molecule has 1 aromatic rings. The molecule has 5 heteroatoms. The summed E-state index contributed by atoms with van der Waals surface area (Å²) < 4.78 is 4.56. The van der Waals surface area contributed by atoms with Gasteiger partial charge in [0, 0.05) is 10.9 Å². The van der Waals surface area contributed by atoms with Gasteiger partial charge in [-0.05, 0) is 23.3 Å². The molecule has 0 bridgehead atoms. The van der Waals surface area contributed by atoms with Crippen molar-refractivity contribution in [1.29, 1.82) is 5.26 Å². The lowest BCUT2D eigenvalue weighted by Gasteiger charge is -2.08. The van der Waals surface area contributed by atoms with Crippen molar-refractivity contribution in [3.63, 3.8) is 0 Å². The first-order valence-electron chi connectivity index (χ1n) is 4.46. The number of ether oxygens (including phenoxy) is 1. The van der Waals surface area contributed by atoms with Crippen molar-refractivity contribution in [3.8, 4) is 6.07 Å². The average molecular weight is 258 g/mol. The van der Waals surface area contributed by atoms with E-state index in [-0.39, 0.29) is 12.3 Å². The van der Waals surface area contributed by atoms with Crippen LogP contribution in [0.2, 0.25) is 5.02 Å². The highest BCUT2D eigenvalue weighted by Crippen LogP contribution is 2.23. The van der Waals surface area contributed by atoms with Gasteiger partial charge in [0.2, 0.25) is 0 Å². The third-order valence-corrected chi connectivity index (χ3v) is 2.63. The molecule has 0 spiro atoms. The highest BCUT2D eigenvalue weighted by Gasteiger charge is 2.13. The molecule has 0 heterocycles. The number of hydrogen-bond donors (Lipinski definition) is 0. The van der Waals surface area contributed by atoms with Crippen molar-refractivity contribution in [3.05, 3.63) is 33.8 Å². The molecule has 0 aliphatic rings. The molecule has 0 unspecified atom stereocenters. The molecule has 0 saturated carbocycles. The Morgan fingerprint density at radius 1 is 1.56 bits per heavy atom. The normalized spacial score (nSPS) is 9.62. The molecule has 0 aliphatic carbocycles. The SMILES string of the molecule is COC(=O)Cc1c(C#N)cc(Cl)cc1CCl. The summed E-state index contributed by atoms with van der Waals surface area (Å²) in [5, 5.41) is 9.38. The second-order valence-electron chi connectivity index (χ2n) is 3.09. The maximum Gasteiger partial charge on any atom is 0.310 e. The molecule has 84 valence electrons. The van der Waals surface area contributed by atoms with E-state index >= 15 is 0 Å². The number of alkyl halides is 1. The Bertz CT molecular complexity index is 452. The second-order valence-corrected chi connectivity index (χ2v) is 3.79. The topological polar surface area (TPSA) is 50.1 Å². The molecule has 0 aromatic heterocycles. The number of nitrogens with zero attached hydrogens (tertiary/aromatic N) is 1. The fourth-order valence-corrected chi connectivity index (χ4v) is 1.82. The minimum Gasteiger partial charge on any atom is -0.469 e. The van der Waals surface area contributed by atoms with Gasteiger partial charge in [-0.25, -0.2) is 0 Å². The number of benzene rings is 1. The van der Waals surface area contributed by atoms with E-state index in [2.05, 4.69) is 4.74 Å². The standard InChI is InChI=1S/C11H9Cl2NO2/c1-16-11(15)4-10-7(5-12)2-9(13)3-8(10)6-14/h2-3H,4-5H2,1H3. The van der Waals surface area contributed by atoms with Crippen molar-refractivity contribution in [1.82, 2.24) is 0 Å². The summed E-state index contributed by atoms with van der Waals surface area (Å²) in [4.78, 5) is 11.2. The van der Waals surface area contributed by atoms with Gasteiger partial charge in [-0.3, -0.25) is 4.79 Å². The summed E-state index contributed by atoms with van der Waals surface area (Å²) in [5.41, 5.74) is 1.61. The molecule has 3 nitrogen and oxygen atoms in total. The van der Waals surface area contributed by atoms with Gasteiger partial charge in [0.15, 0.2) is 0 Å². The zero-order valence-electron chi connectivity index (χ0n) is 8.59. The number of carbonyl (C=O) groups is 1. The van der Waals surface area contributed by atoms with E-state index in [1.807, 2.05) is 6.07 Å². The van der Waals surface area contributed by atoms with Crippen molar-refractivity contribution < 1.29 is 9.53 Å². The third kappa shape index (κ3) is 2.88. The molecule has 0 N–H and O–H groups in total. The van der Waals surface area contributed by atoms with Crippen LogP contribution in [0.1, 0.15) is 16.7 Å². The Kier molecular flexibility index (Phi) is 4.60. The Morgan fingerprint density at radius 2 is 2.25 bits per heavy atom. The monoisotopic (exact) mass is 257 g/mol. The van der Waals surface area contributed by atoms with Crippen LogP contribution in [0, 0.1) is 11.3 Å². The zero-order valence-corrected chi connectivity index (χ0v) is 10.1. The lowest BCUT2D eigenvalue weighted by Crippen LogP contribution is -2.08. The number of carbonyl (C=O) groups excluding carboxylic acids is 1. The van der Waals surface area contributed by atoms with Crippen LogP contribution in [0.4, 0.5) is 0 Å². The predicted octanol–water partition coefficient (Wildman–Crippen LogP) is 2.67. The second kappa shape index (κ2) is 5.74. The number of hydrogen-bond acceptors (Lipinski definition) is 3. The molecule has 0 radical (unpaired) electrons. The number of rotatable bonds is 3. The lowest BCUT2D eigenvalue weighted by atomic mass is 10.00. The van der Waals surface area contributed by atoms with Gasteiger partial charge in [0.05, 0.1) is 25.2 Å². The van der Waals surface area contributed by atoms with Crippen molar-refractivity contribution >= 4 is 29.2 Å². The number of halogens is 2. The van der Waals surface area contributed by atoms with E-state index in [0.29, 0.717) is 21.7 Å². The summed E-state index contributed by atoms with van der Waals surface area (Å²) in [6, 6.07) is 5.15. The average Bonchev–Trinajstić information content (AvgIpc) is 2.30. The Balaban J connectivity index is 3.23.